The molecule has 0 aromatic rings. The fraction of sp³-hybridized carbons (Fsp3) is 0.800. The Morgan fingerprint density at radius 3 is 2.24 bits per heavy atom. The average molecular weight is 247 g/mol. The molecule has 0 atom stereocenters. The molecule has 1 nitrogen and oxygen atoms in total. The van der Waals surface area contributed by atoms with Gasteiger partial charge in [0.05, 0.1) is 6.07 Å². The summed E-state index contributed by atoms with van der Waals surface area (Å²) in [6.45, 7) is 0. The maximum atomic E-state index is 8.50. The van der Waals surface area contributed by atoms with E-state index in [0.29, 0.717) is 11.2 Å². The van der Waals surface area contributed by atoms with Crippen molar-refractivity contribution in [1.82, 2.24) is 0 Å². The van der Waals surface area contributed by atoms with Gasteiger partial charge in [-0.25, -0.2) is 0 Å². The minimum atomic E-state index is 0.595. The lowest BCUT2D eigenvalue weighted by molar-refractivity contribution is 0.0386. The molecule has 0 radical (unpaired) electrons. The predicted molar refractivity (Wildman–Crippen MR) is 72.5 cm³/mol. The average Bonchev–Trinajstić information content (AvgIpc) is 2.26. The van der Waals surface area contributed by atoms with E-state index in [1.165, 1.54) is 38.5 Å². The number of allylic oxidation sites excluding steroid dienone is 1. The summed E-state index contributed by atoms with van der Waals surface area (Å²) in [5.74, 6) is 3.13. The second-order valence-corrected chi connectivity index (χ2v) is 7.66. The third kappa shape index (κ3) is 2.40. The maximum Gasteiger partial charge on any atom is 0.0625 e. The number of nitrogens with zero attached hydrogens (tertiary/aromatic N) is 1. The first-order chi connectivity index (χ1) is 8.30. The smallest absolute Gasteiger partial charge is 0.0625 e. The summed E-state index contributed by atoms with van der Waals surface area (Å²) < 4.78 is 0.595. The summed E-state index contributed by atoms with van der Waals surface area (Å²) in [6, 6.07) is 2.20. The highest BCUT2D eigenvalue weighted by molar-refractivity contribution is 8.03. The Labute approximate surface area is 109 Å². The van der Waals surface area contributed by atoms with Crippen LogP contribution >= 0.6 is 11.8 Å². The molecular formula is C15H21NS. The van der Waals surface area contributed by atoms with Crippen LogP contribution < -0.4 is 0 Å². The Kier molecular flexibility index (Phi) is 3.21. The molecule has 4 aliphatic carbocycles. The molecule has 0 aliphatic heterocycles. The number of thioether (sulfide) groups is 1. The molecule has 17 heavy (non-hydrogen) atoms. The molecule has 0 saturated heterocycles. The normalized spacial score (nSPS) is 43.1. The van der Waals surface area contributed by atoms with Crippen molar-refractivity contribution in [2.24, 2.45) is 17.8 Å². The van der Waals surface area contributed by atoms with Crippen molar-refractivity contribution in [3.05, 3.63) is 11.5 Å². The van der Waals surface area contributed by atoms with Crippen LogP contribution in [-0.4, -0.2) is 4.75 Å². The summed E-state index contributed by atoms with van der Waals surface area (Å²) in [6.07, 6.45) is 12.8. The van der Waals surface area contributed by atoms with Gasteiger partial charge >= 0.3 is 0 Å². The number of nitriles is 1. The molecular weight excluding hydrogens is 226 g/mol. The van der Waals surface area contributed by atoms with Gasteiger partial charge in [-0.1, -0.05) is 6.08 Å². The van der Waals surface area contributed by atoms with Crippen LogP contribution in [0, 0.1) is 29.1 Å². The van der Waals surface area contributed by atoms with Crippen LogP contribution in [0.4, 0.5) is 0 Å². The molecule has 4 rings (SSSR count). The van der Waals surface area contributed by atoms with Crippen LogP contribution in [-0.2, 0) is 0 Å². The summed E-state index contributed by atoms with van der Waals surface area (Å²) in [5.41, 5.74) is 0. The van der Waals surface area contributed by atoms with Gasteiger partial charge in [0, 0.05) is 11.2 Å². The van der Waals surface area contributed by atoms with E-state index in [2.05, 4.69) is 29.3 Å². The molecule has 0 heterocycles. The molecule has 0 unspecified atom stereocenters. The lowest BCUT2D eigenvalue weighted by Crippen LogP contribution is -2.48. The SMILES string of the molecule is N#CCC/C=C/SC12CC3CC(CC(C3)C1)C2. The monoisotopic (exact) mass is 247 g/mol. The van der Waals surface area contributed by atoms with Crippen LogP contribution in [0.1, 0.15) is 51.4 Å². The zero-order valence-electron chi connectivity index (χ0n) is 10.4. The number of hydrogen-bond acceptors (Lipinski definition) is 2. The Bertz CT molecular complexity index is 317. The highest BCUT2D eigenvalue weighted by Crippen LogP contribution is 2.60. The predicted octanol–water partition coefficient (Wildman–Crippen LogP) is 4.51. The molecule has 0 N–H and O–H groups in total. The standard InChI is InChI=1S/C15H21NS/c16-4-2-1-3-5-17-15-9-12-6-13(10-15)8-14(7-12)11-15/h3,5,12-14H,1-2,6-11H2/b5-3+. The first-order valence-corrected chi connectivity index (χ1v) is 7.87. The van der Waals surface area contributed by atoms with E-state index in [4.69, 9.17) is 5.26 Å². The summed E-state index contributed by atoms with van der Waals surface area (Å²) in [7, 11) is 0. The van der Waals surface area contributed by atoms with Crippen molar-refractivity contribution in [1.29, 1.82) is 5.26 Å². The van der Waals surface area contributed by atoms with E-state index in [-0.39, 0.29) is 0 Å². The van der Waals surface area contributed by atoms with E-state index in [1.807, 2.05) is 0 Å². The van der Waals surface area contributed by atoms with Gasteiger partial charge in [0.2, 0.25) is 0 Å². The van der Waals surface area contributed by atoms with Crippen molar-refractivity contribution < 1.29 is 0 Å². The first kappa shape index (κ1) is 11.7. The van der Waals surface area contributed by atoms with Crippen LogP contribution in [0.2, 0.25) is 0 Å². The van der Waals surface area contributed by atoms with Gasteiger partial charge in [0.25, 0.3) is 0 Å². The third-order valence-electron chi connectivity index (χ3n) is 4.82. The maximum absolute atomic E-state index is 8.50. The van der Waals surface area contributed by atoms with Crippen LogP contribution in [0.3, 0.4) is 0 Å². The zero-order chi connectivity index (χ0) is 11.7. The molecule has 4 fully saturated rings. The molecule has 0 spiro atoms. The lowest BCUT2D eigenvalue weighted by atomic mass is 9.56. The molecule has 4 aliphatic rings. The van der Waals surface area contributed by atoms with Gasteiger partial charge in [0.1, 0.15) is 0 Å². The quantitative estimate of drug-likeness (QED) is 0.683. The fourth-order valence-corrected chi connectivity index (χ4v) is 6.10. The van der Waals surface area contributed by atoms with Crippen molar-refractivity contribution in [2.75, 3.05) is 0 Å². The van der Waals surface area contributed by atoms with E-state index in [0.717, 1.165) is 24.2 Å². The van der Waals surface area contributed by atoms with Gasteiger partial charge in [-0.15, -0.1) is 11.8 Å². The summed E-state index contributed by atoms with van der Waals surface area (Å²) >= 11 is 2.09. The van der Waals surface area contributed by atoms with Crippen molar-refractivity contribution in [2.45, 2.75) is 56.1 Å². The molecule has 0 aromatic carbocycles. The zero-order valence-corrected chi connectivity index (χ0v) is 11.2. The van der Waals surface area contributed by atoms with Crippen molar-refractivity contribution in [3.63, 3.8) is 0 Å². The topological polar surface area (TPSA) is 23.8 Å². The molecule has 4 saturated carbocycles. The minimum Gasteiger partial charge on any atom is -0.198 e. The highest BCUT2D eigenvalue weighted by atomic mass is 32.2. The number of unbranched alkanes of at least 4 members (excludes halogenated alkanes) is 1. The molecule has 0 amide bonds. The van der Waals surface area contributed by atoms with Crippen LogP contribution in [0.25, 0.3) is 0 Å². The second-order valence-electron chi connectivity index (χ2n) is 6.29. The molecule has 4 bridgehead atoms. The first-order valence-electron chi connectivity index (χ1n) is 6.99. The summed E-state index contributed by atoms with van der Waals surface area (Å²) in [4.78, 5) is 0. The van der Waals surface area contributed by atoms with E-state index in [9.17, 15) is 0 Å². The van der Waals surface area contributed by atoms with Crippen molar-refractivity contribution in [3.8, 4) is 6.07 Å². The summed E-state index contributed by atoms with van der Waals surface area (Å²) in [5, 5.41) is 10.8. The molecule has 0 aromatic heterocycles. The Hall–Kier alpha value is -0.420. The van der Waals surface area contributed by atoms with E-state index >= 15 is 0 Å². The molecule has 2 heteroatoms. The minimum absolute atomic E-state index is 0.595. The second kappa shape index (κ2) is 4.69. The van der Waals surface area contributed by atoms with Gasteiger partial charge in [-0.3, -0.25) is 0 Å². The van der Waals surface area contributed by atoms with Crippen LogP contribution in [0.5, 0.6) is 0 Å². The highest BCUT2D eigenvalue weighted by Gasteiger charge is 2.50. The largest absolute Gasteiger partial charge is 0.198 e. The van der Waals surface area contributed by atoms with E-state index < -0.39 is 0 Å². The van der Waals surface area contributed by atoms with Crippen LogP contribution in [0.15, 0.2) is 11.5 Å². The molecule has 92 valence electrons. The Morgan fingerprint density at radius 2 is 1.71 bits per heavy atom. The van der Waals surface area contributed by atoms with Gasteiger partial charge < -0.3 is 0 Å². The number of hydrogen-bond donors (Lipinski definition) is 0. The Morgan fingerprint density at radius 1 is 1.12 bits per heavy atom. The van der Waals surface area contributed by atoms with E-state index in [1.54, 1.807) is 0 Å². The fourth-order valence-electron chi connectivity index (χ4n) is 4.58. The van der Waals surface area contributed by atoms with Crippen molar-refractivity contribution >= 4 is 11.8 Å². The lowest BCUT2D eigenvalue weighted by Gasteiger charge is -2.56. The van der Waals surface area contributed by atoms with Gasteiger partial charge in [0.15, 0.2) is 0 Å². The van der Waals surface area contributed by atoms with Gasteiger partial charge in [-0.2, -0.15) is 5.26 Å². The third-order valence-corrected chi connectivity index (χ3v) is 6.15. The van der Waals surface area contributed by atoms with Gasteiger partial charge in [-0.05, 0) is 68.1 Å². The number of rotatable bonds is 4. The Balaban J connectivity index is 1.59.